The Labute approximate surface area is 322 Å². The maximum absolute atomic E-state index is 12.7. The molecule has 0 spiro atoms. The first kappa shape index (κ1) is 38.7. The maximum Gasteiger partial charge on any atom is 0.410 e. The van der Waals surface area contributed by atoms with Gasteiger partial charge in [-0.1, -0.05) is 24.3 Å². The second-order valence-electron chi connectivity index (χ2n) is 14.3. The predicted octanol–water partition coefficient (Wildman–Crippen LogP) is 6.67. The van der Waals surface area contributed by atoms with Gasteiger partial charge in [-0.25, -0.2) is 19.7 Å². The highest BCUT2D eigenvalue weighted by Crippen LogP contribution is 2.30. The summed E-state index contributed by atoms with van der Waals surface area (Å²) in [5.74, 6) is 4.21. The Balaban J connectivity index is 1.32. The maximum atomic E-state index is 12.7. The number of hydrogen-bond donors (Lipinski definition) is 1. The third-order valence-corrected chi connectivity index (χ3v) is 8.91. The molecule has 0 aliphatic carbocycles. The highest BCUT2D eigenvalue weighted by molar-refractivity contribution is 5.75. The third-order valence-electron chi connectivity index (χ3n) is 8.91. The van der Waals surface area contributed by atoms with E-state index in [2.05, 4.69) is 26.2 Å². The van der Waals surface area contributed by atoms with E-state index >= 15 is 0 Å². The van der Waals surface area contributed by atoms with Gasteiger partial charge in [-0.05, 0) is 80.8 Å². The summed E-state index contributed by atoms with van der Waals surface area (Å²) >= 11 is 0. The molecule has 1 aliphatic heterocycles. The van der Waals surface area contributed by atoms with Crippen molar-refractivity contribution in [1.29, 1.82) is 0 Å². The Hall–Kier alpha value is -6.02. The number of amides is 1. The van der Waals surface area contributed by atoms with Gasteiger partial charge in [0.05, 0.1) is 38.8 Å². The number of anilines is 3. The monoisotopic (exact) mass is 747 g/mol. The van der Waals surface area contributed by atoms with Crippen molar-refractivity contribution in [2.75, 3.05) is 57.7 Å². The summed E-state index contributed by atoms with van der Waals surface area (Å²) in [6, 6.07) is 21.7. The van der Waals surface area contributed by atoms with E-state index in [9.17, 15) is 4.79 Å². The molecular weight excluding hydrogens is 699 g/mol. The first-order chi connectivity index (χ1) is 26.5. The summed E-state index contributed by atoms with van der Waals surface area (Å²) < 4.78 is 21.7. The second kappa shape index (κ2) is 17.4. The summed E-state index contributed by atoms with van der Waals surface area (Å²) in [7, 11) is 4.90. The number of hydrogen-bond acceptors (Lipinski definition) is 13. The van der Waals surface area contributed by atoms with Crippen LogP contribution in [0.4, 0.5) is 22.2 Å². The van der Waals surface area contributed by atoms with Crippen LogP contribution in [0.25, 0.3) is 11.4 Å². The molecule has 1 fully saturated rings. The Bertz CT molecular complexity index is 1980. The molecule has 1 aliphatic rings. The fraction of sp³-hybridized carbons (Fsp3) is 0.366. The molecule has 1 N–H and O–H groups in total. The molecule has 0 unspecified atom stereocenters. The largest absolute Gasteiger partial charge is 0.497 e. The van der Waals surface area contributed by atoms with Crippen LogP contribution in [-0.2, 0) is 24.4 Å². The molecule has 55 heavy (non-hydrogen) atoms. The van der Waals surface area contributed by atoms with Gasteiger partial charge in [0.15, 0.2) is 5.82 Å². The Morgan fingerprint density at radius 1 is 0.764 bits per heavy atom. The summed E-state index contributed by atoms with van der Waals surface area (Å²) in [5, 5.41) is 3.42. The van der Waals surface area contributed by atoms with Crippen molar-refractivity contribution in [3.8, 4) is 28.8 Å². The lowest BCUT2D eigenvalue weighted by Crippen LogP contribution is -2.49. The van der Waals surface area contributed by atoms with Crippen molar-refractivity contribution in [3.05, 3.63) is 102 Å². The van der Waals surface area contributed by atoms with Crippen LogP contribution in [0.15, 0.2) is 79.1 Å². The fourth-order valence-corrected chi connectivity index (χ4v) is 6.08. The lowest BCUT2D eigenvalue weighted by Gasteiger charge is -2.35. The van der Waals surface area contributed by atoms with Crippen molar-refractivity contribution >= 4 is 23.5 Å². The van der Waals surface area contributed by atoms with Crippen LogP contribution in [0.5, 0.6) is 17.4 Å². The molecular formula is C41H49N9O5. The van der Waals surface area contributed by atoms with Crippen LogP contribution in [0.2, 0.25) is 0 Å². The number of nitrogens with one attached hydrogen (secondary N) is 1. The minimum absolute atomic E-state index is 0.284. The van der Waals surface area contributed by atoms with Crippen LogP contribution in [0, 0.1) is 6.92 Å². The van der Waals surface area contributed by atoms with Gasteiger partial charge >= 0.3 is 6.09 Å². The molecule has 0 radical (unpaired) electrons. The zero-order valence-electron chi connectivity index (χ0n) is 32.6. The Morgan fingerprint density at radius 3 is 1.95 bits per heavy atom. The molecule has 14 heteroatoms. The molecule has 1 saturated heterocycles. The van der Waals surface area contributed by atoms with E-state index in [1.807, 2.05) is 88.5 Å². The molecule has 3 aromatic heterocycles. The number of piperazine rings is 1. The van der Waals surface area contributed by atoms with E-state index < -0.39 is 5.60 Å². The number of pyridine rings is 2. The predicted molar refractivity (Wildman–Crippen MR) is 211 cm³/mol. The van der Waals surface area contributed by atoms with Crippen molar-refractivity contribution < 1.29 is 23.7 Å². The molecule has 288 valence electrons. The van der Waals surface area contributed by atoms with Crippen molar-refractivity contribution in [3.63, 3.8) is 0 Å². The number of carbonyl (C=O) groups is 1. The summed E-state index contributed by atoms with van der Waals surface area (Å²) in [4.78, 5) is 43.0. The number of nitrogens with zero attached hydrogens (tertiary/aromatic N) is 8. The first-order valence-electron chi connectivity index (χ1n) is 18.2. The van der Waals surface area contributed by atoms with E-state index in [1.54, 1.807) is 38.5 Å². The van der Waals surface area contributed by atoms with Crippen LogP contribution < -0.4 is 24.4 Å². The van der Waals surface area contributed by atoms with Gasteiger partial charge in [0.2, 0.25) is 11.8 Å². The topological polar surface area (TPSA) is 140 Å². The van der Waals surface area contributed by atoms with Crippen LogP contribution in [0.3, 0.4) is 0 Å². The molecule has 1 amide bonds. The fourth-order valence-electron chi connectivity index (χ4n) is 6.08. The van der Waals surface area contributed by atoms with Gasteiger partial charge in [0, 0.05) is 58.1 Å². The van der Waals surface area contributed by atoms with Crippen LogP contribution in [-0.4, -0.2) is 93.9 Å². The lowest BCUT2D eigenvalue weighted by atomic mass is 10.1. The molecule has 5 aromatic rings. The zero-order valence-corrected chi connectivity index (χ0v) is 32.6. The van der Waals surface area contributed by atoms with E-state index in [0.717, 1.165) is 33.9 Å². The smallest absolute Gasteiger partial charge is 0.410 e. The van der Waals surface area contributed by atoms with Gasteiger partial charge < -0.3 is 34.1 Å². The first-order valence-corrected chi connectivity index (χ1v) is 18.2. The van der Waals surface area contributed by atoms with E-state index in [4.69, 9.17) is 38.9 Å². The summed E-state index contributed by atoms with van der Waals surface area (Å²) in [6.45, 7) is 11.8. The lowest BCUT2D eigenvalue weighted by molar-refractivity contribution is 0.0139. The number of rotatable bonds is 13. The number of aryl methyl sites for hydroxylation is 1. The van der Waals surface area contributed by atoms with Crippen LogP contribution >= 0.6 is 0 Å². The van der Waals surface area contributed by atoms with Gasteiger partial charge in [0.25, 0.3) is 0 Å². The van der Waals surface area contributed by atoms with Gasteiger partial charge in [-0.2, -0.15) is 9.97 Å². The molecule has 6 rings (SSSR count). The van der Waals surface area contributed by atoms with Crippen molar-refractivity contribution in [1.82, 2.24) is 34.7 Å². The highest BCUT2D eigenvalue weighted by atomic mass is 16.6. The van der Waals surface area contributed by atoms with E-state index in [0.29, 0.717) is 80.7 Å². The quantitative estimate of drug-likeness (QED) is 0.137. The van der Waals surface area contributed by atoms with E-state index in [-0.39, 0.29) is 6.09 Å². The normalized spacial score (nSPS) is 13.3. The molecule has 0 saturated carbocycles. The molecule has 0 bridgehead atoms. The number of benzene rings is 2. The Morgan fingerprint density at radius 2 is 1.40 bits per heavy atom. The molecule has 14 nitrogen and oxygen atoms in total. The second-order valence-corrected chi connectivity index (χ2v) is 14.3. The molecule has 0 atom stereocenters. The Kier molecular flexibility index (Phi) is 12.3. The van der Waals surface area contributed by atoms with Crippen molar-refractivity contribution in [2.24, 2.45) is 0 Å². The molecule has 2 aromatic carbocycles. The van der Waals surface area contributed by atoms with Crippen molar-refractivity contribution in [2.45, 2.75) is 52.9 Å². The molecule has 4 heterocycles. The SMILES string of the molecule is COc1ccc(CN(Cc2ccc(OC)cc2)c2nc(C)nc(-c3cc(CN4CCN(C(=O)OC(C)(C)C)CC4)cnc3Nc3ccc(OC)nc3)n2)cc1. The van der Waals surface area contributed by atoms with Gasteiger partial charge in [-0.3, -0.25) is 4.90 Å². The minimum atomic E-state index is -0.538. The average Bonchev–Trinajstić information content (AvgIpc) is 3.18. The van der Waals surface area contributed by atoms with Crippen LogP contribution in [0.1, 0.15) is 43.3 Å². The number of methoxy groups -OCH3 is 3. The average molecular weight is 748 g/mol. The summed E-state index contributed by atoms with van der Waals surface area (Å²) in [6.07, 6.45) is 3.27. The summed E-state index contributed by atoms with van der Waals surface area (Å²) in [5.41, 5.74) is 4.02. The number of ether oxygens (including phenoxy) is 4. The van der Waals surface area contributed by atoms with E-state index in [1.165, 1.54) is 0 Å². The zero-order chi connectivity index (χ0) is 39.0. The number of aromatic nitrogens is 5. The standard InChI is InChI=1S/C41H49N9O5/c1-28-44-38(47-39(45-28)50(26-29-8-13-33(52-5)14-9-29)27-30-10-15-34(53-6)16-11-30)35-22-31(23-43-37(35)46-32-12-17-36(54-7)42-24-32)25-48-18-20-49(21-19-48)40(51)55-41(2,3)4/h8-17,22-24H,18-21,25-27H2,1-7H3,(H,43,46). The van der Waals surface area contributed by atoms with Gasteiger partial charge in [-0.15, -0.1) is 0 Å². The third kappa shape index (κ3) is 10.6. The van der Waals surface area contributed by atoms with Gasteiger partial charge in [0.1, 0.15) is 28.7 Å². The number of carbonyl (C=O) groups excluding carboxylic acids is 1. The minimum Gasteiger partial charge on any atom is -0.497 e. The highest BCUT2D eigenvalue weighted by Gasteiger charge is 2.26.